The summed E-state index contributed by atoms with van der Waals surface area (Å²) in [7, 11) is 0. The fraction of sp³-hybridized carbons (Fsp3) is 0.286. The molecular weight excluding hydrogens is 206 g/mol. The Morgan fingerprint density at radius 1 is 1.79 bits per heavy atom. The summed E-state index contributed by atoms with van der Waals surface area (Å²) in [6.45, 7) is 0. The van der Waals surface area contributed by atoms with Gasteiger partial charge in [-0.05, 0) is 0 Å². The molecular formula is C7H5N3O3S. The Kier molecular flexibility index (Phi) is 1.90. The third-order valence-corrected chi connectivity index (χ3v) is 3.26. The van der Waals surface area contributed by atoms with Gasteiger partial charge >= 0.3 is 11.6 Å². The van der Waals surface area contributed by atoms with E-state index in [1.54, 1.807) is 0 Å². The lowest BCUT2D eigenvalue weighted by molar-refractivity contribution is -0.299. The second-order valence-corrected chi connectivity index (χ2v) is 3.88. The number of nitrogens with one attached hydrogen (secondary N) is 1. The largest absolute Gasteiger partial charge is 0.545 e. The predicted octanol–water partition coefficient (Wildman–Crippen LogP) is -1.78. The molecule has 2 aliphatic heterocycles. The molecule has 1 N–H and O–H groups in total. The van der Waals surface area contributed by atoms with Gasteiger partial charge in [0.2, 0.25) is 0 Å². The molecule has 0 aromatic carbocycles. The molecule has 0 aliphatic carbocycles. The van der Waals surface area contributed by atoms with Gasteiger partial charge in [0.1, 0.15) is 0 Å². The van der Waals surface area contributed by atoms with Crippen molar-refractivity contribution >= 4 is 29.4 Å². The van der Waals surface area contributed by atoms with Gasteiger partial charge in [-0.3, -0.25) is 9.69 Å². The lowest BCUT2D eigenvalue weighted by Crippen LogP contribution is -2.60. The van der Waals surface area contributed by atoms with Gasteiger partial charge in [-0.2, -0.15) is 0 Å². The topological polar surface area (TPSA) is 98.4 Å². The van der Waals surface area contributed by atoms with E-state index < -0.39 is 11.9 Å². The van der Waals surface area contributed by atoms with E-state index in [0.29, 0.717) is 0 Å². The van der Waals surface area contributed by atoms with Crippen molar-refractivity contribution in [2.75, 3.05) is 5.75 Å². The maximum Gasteiger partial charge on any atom is 0.438 e. The average molecular weight is 211 g/mol. The van der Waals surface area contributed by atoms with E-state index in [4.69, 9.17) is 5.53 Å². The summed E-state index contributed by atoms with van der Waals surface area (Å²) in [5.41, 5.74) is 6.98. The third-order valence-electron chi connectivity index (χ3n) is 2.01. The summed E-state index contributed by atoms with van der Waals surface area (Å²) in [6.07, 6.45) is 1.26. The Bertz CT molecular complexity index is 410. The third kappa shape index (κ3) is 1.07. The predicted molar refractivity (Wildman–Crippen MR) is 44.2 cm³/mol. The minimum Gasteiger partial charge on any atom is -0.545 e. The zero-order chi connectivity index (χ0) is 10.3. The van der Waals surface area contributed by atoms with Gasteiger partial charge in [-0.25, -0.2) is 0 Å². The van der Waals surface area contributed by atoms with E-state index in [9.17, 15) is 14.7 Å². The molecule has 0 spiro atoms. The average Bonchev–Trinajstić information content (AvgIpc) is 2.17. The number of carboxylic acid groups (broad SMARTS) is 1. The monoisotopic (exact) mass is 211 g/mol. The quantitative estimate of drug-likeness (QED) is 0.315. The van der Waals surface area contributed by atoms with Crippen molar-refractivity contribution < 1.29 is 19.5 Å². The molecule has 0 aromatic heterocycles. The highest BCUT2D eigenvalue weighted by molar-refractivity contribution is 8.01. The number of carbonyl (C=O) groups is 2. The van der Waals surface area contributed by atoms with Gasteiger partial charge < -0.3 is 9.90 Å². The van der Waals surface area contributed by atoms with Crippen LogP contribution in [0, 0.1) is 5.53 Å². The maximum atomic E-state index is 11.2. The number of thioether (sulfide) groups is 1. The summed E-state index contributed by atoms with van der Waals surface area (Å²) >= 11 is 1.25. The molecule has 1 amide bonds. The van der Waals surface area contributed by atoms with Crippen molar-refractivity contribution in [3.05, 3.63) is 11.8 Å². The first-order valence-electron chi connectivity index (χ1n) is 3.75. The number of hydrogen-bond donors (Lipinski definition) is 1. The molecule has 14 heavy (non-hydrogen) atoms. The van der Waals surface area contributed by atoms with Crippen molar-refractivity contribution in [2.24, 2.45) is 0 Å². The fourth-order valence-electron chi connectivity index (χ4n) is 1.28. The summed E-state index contributed by atoms with van der Waals surface area (Å²) in [4.78, 5) is 26.0. The summed E-state index contributed by atoms with van der Waals surface area (Å²) in [5, 5.41) is 10.2. The number of carbonyl (C=O) groups excluding carboxylic acids is 2. The van der Waals surface area contributed by atoms with E-state index in [1.807, 2.05) is 0 Å². The molecule has 1 atom stereocenters. The molecule has 0 saturated carbocycles. The second kappa shape index (κ2) is 2.97. The van der Waals surface area contributed by atoms with E-state index in [-0.39, 0.29) is 22.4 Å². The summed E-state index contributed by atoms with van der Waals surface area (Å²) in [5.74, 6) is -1.40. The highest BCUT2D eigenvalue weighted by atomic mass is 32.2. The molecule has 7 heteroatoms. The molecule has 0 radical (unpaired) electrons. The van der Waals surface area contributed by atoms with E-state index in [1.165, 1.54) is 22.9 Å². The van der Waals surface area contributed by atoms with E-state index in [0.717, 1.165) is 0 Å². The van der Waals surface area contributed by atoms with Crippen LogP contribution in [0.2, 0.25) is 0 Å². The SMILES string of the molecule is N=[N+]=C1C(=O)N2C=C(C(=O)[O-])CS[C@H]12. The molecule has 0 aromatic rings. The van der Waals surface area contributed by atoms with Crippen LogP contribution in [-0.4, -0.2) is 38.4 Å². The fourth-order valence-corrected chi connectivity index (χ4v) is 2.44. The standard InChI is InChI=1S/C7H5N3O3S/c8-9-4-5(11)10-1-3(7(12)13)2-14-6(4)10/h1,6,8H,2H2/t6-/m1/s1. The first-order valence-corrected chi connectivity index (χ1v) is 4.80. The number of β-lactam (4-membered cyclic amide) rings is 1. The van der Waals surface area contributed by atoms with Crippen LogP contribution < -0.4 is 5.11 Å². The van der Waals surface area contributed by atoms with Crippen LogP contribution in [0.4, 0.5) is 0 Å². The highest BCUT2D eigenvalue weighted by Crippen LogP contribution is 2.32. The molecule has 6 nitrogen and oxygen atoms in total. The number of aliphatic carboxylic acids is 1. The van der Waals surface area contributed by atoms with Gasteiger partial charge in [0, 0.05) is 17.5 Å². The molecule has 0 unspecified atom stereocenters. The van der Waals surface area contributed by atoms with Crippen molar-refractivity contribution in [2.45, 2.75) is 5.37 Å². The lowest BCUT2D eigenvalue weighted by Gasteiger charge is -2.35. The van der Waals surface area contributed by atoms with Gasteiger partial charge in [0.25, 0.3) is 0 Å². The Morgan fingerprint density at radius 3 is 3.07 bits per heavy atom. The zero-order valence-electron chi connectivity index (χ0n) is 6.89. The number of hydrogen-bond acceptors (Lipinski definition) is 5. The maximum absolute atomic E-state index is 11.2. The van der Waals surface area contributed by atoms with Crippen LogP contribution in [0.15, 0.2) is 11.8 Å². The van der Waals surface area contributed by atoms with Gasteiger partial charge in [0.05, 0.1) is 16.3 Å². The van der Waals surface area contributed by atoms with Crippen molar-refractivity contribution in [1.29, 1.82) is 5.53 Å². The molecule has 0 bridgehead atoms. The Hall–Kier alpha value is -1.59. The molecule has 2 aliphatic rings. The molecule has 72 valence electrons. The van der Waals surface area contributed by atoms with Crippen LogP contribution in [0.5, 0.6) is 0 Å². The second-order valence-electron chi connectivity index (χ2n) is 2.81. The van der Waals surface area contributed by atoms with Gasteiger partial charge in [0.15, 0.2) is 5.37 Å². The van der Waals surface area contributed by atoms with Crippen molar-refractivity contribution in [1.82, 2.24) is 4.90 Å². The Labute approximate surface area is 82.8 Å². The number of amides is 1. The molecule has 1 saturated heterocycles. The first kappa shape index (κ1) is 8.98. The minimum absolute atomic E-state index is 0.0867. The number of carboxylic acids is 1. The van der Waals surface area contributed by atoms with E-state index >= 15 is 0 Å². The van der Waals surface area contributed by atoms with Crippen LogP contribution >= 0.6 is 11.8 Å². The Morgan fingerprint density at radius 2 is 2.50 bits per heavy atom. The van der Waals surface area contributed by atoms with E-state index in [2.05, 4.69) is 4.79 Å². The number of rotatable bonds is 1. The van der Waals surface area contributed by atoms with Crippen LogP contribution in [0.25, 0.3) is 0 Å². The van der Waals surface area contributed by atoms with Gasteiger partial charge in [-0.1, -0.05) is 0 Å². The van der Waals surface area contributed by atoms with Gasteiger partial charge in [-0.15, -0.1) is 11.8 Å². The number of fused-ring (bicyclic) bond motifs is 1. The van der Waals surface area contributed by atoms with Crippen LogP contribution in [0.3, 0.4) is 0 Å². The smallest absolute Gasteiger partial charge is 0.438 e. The number of nitrogens with zero attached hydrogens (tertiary/aromatic N) is 2. The minimum atomic E-state index is -1.26. The van der Waals surface area contributed by atoms with Crippen LogP contribution in [0.1, 0.15) is 0 Å². The Balaban J connectivity index is 2.28. The van der Waals surface area contributed by atoms with Crippen molar-refractivity contribution in [3.63, 3.8) is 0 Å². The molecule has 1 fully saturated rings. The summed E-state index contributed by atoms with van der Waals surface area (Å²) in [6, 6.07) is 0. The molecule has 2 heterocycles. The normalized spacial score (nSPS) is 24.7. The highest BCUT2D eigenvalue weighted by Gasteiger charge is 2.54. The lowest BCUT2D eigenvalue weighted by atomic mass is 10.1. The van der Waals surface area contributed by atoms with Crippen molar-refractivity contribution in [3.8, 4) is 0 Å². The van der Waals surface area contributed by atoms with Crippen LogP contribution in [-0.2, 0) is 9.59 Å². The molecule has 2 rings (SSSR count). The zero-order valence-corrected chi connectivity index (χ0v) is 7.71. The first-order chi connectivity index (χ1) is 6.65. The summed E-state index contributed by atoms with van der Waals surface area (Å²) < 4.78 is 0.